The van der Waals surface area contributed by atoms with Gasteiger partial charge in [-0.15, -0.1) is 0 Å². The van der Waals surface area contributed by atoms with E-state index >= 15 is 0 Å². The number of hydrogen-bond acceptors (Lipinski definition) is 4. The zero-order chi connectivity index (χ0) is 17.6. The van der Waals surface area contributed by atoms with Gasteiger partial charge in [-0.25, -0.2) is 0 Å². The Morgan fingerprint density at radius 1 is 1.24 bits per heavy atom. The van der Waals surface area contributed by atoms with E-state index < -0.39 is 17.8 Å². The Bertz CT molecular complexity index is 513. The van der Waals surface area contributed by atoms with Gasteiger partial charge in [-0.3, -0.25) is 0 Å². The monoisotopic (exact) mass is 380 g/mol. The predicted molar refractivity (Wildman–Crippen MR) is 106 cm³/mol. The maximum absolute atomic E-state index is 6.81. The fourth-order valence-corrected chi connectivity index (χ4v) is 9.05. The fraction of sp³-hybridized carbons (Fsp3) is 0.684. The van der Waals surface area contributed by atoms with Crippen molar-refractivity contribution in [2.24, 2.45) is 0 Å². The molecule has 0 N–H and O–H groups in total. The molecule has 1 aromatic carbocycles. The van der Waals surface area contributed by atoms with E-state index in [2.05, 4.69) is 43.4 Å². The first-order chi connectivity index (χ1) is 12.1. The second kappa shape index (κ2) is 8.93. The van der Waals surface area contributed by atoms with Crippen LogP contribution in [0.3, 0.4) is 0 Å². The average molecular weight is 381 g/mol. The average Bonchev–Trinajstić information content (AvgIpc) is 3.40. The van der Waals surface area contributed by atoms with Gasteiger partial charge in [-0.05, 0) is 44.8 Å². The summed E-state index contributed by atoms with van der Waals surface area (Å²) in [6.45, 7) is 7.93. The Morgan fingerprint density at radius 3 is 2.72 bits per heavy atom. The van der Waals surface area contributed by atoms with E-state index in [4.69, 9.17) is 18.6 Å². The molecule has 2 aliphatic heterocycles. The zero-order valence-corrected chi connectivity index (χ0v) is 18.1. The first-order valence-electron chi connectivity index (χ1n) is 9.64. The first kappa shape index (κ1) is 19.3. The van der Waals surface area contributed by atoms with E-state index in [9.17, 15) is 0 Å². The summed E-state index contributed by atoms with van der Waals surface area (Å²) in [5, 5.41) is 1.43. The zero-order valence-electron chi connectivity index (χ0n) is 15.7. The molecule has 4 nitrogen and oxygen atoms in total. The molecule has 2 fully saturated rings. The molecule has 2 heterocycles. The van der Waals surface area contributed by atoms with E-state index in [0.717, 1.165) is 51.7 Å². The third-order valence-corrected chi connectivity index (χ3v) is 9.76. The van der Waals surface area contributed by atoms with Crippen molar-refractivity contribution in [2.75, 3.05) is 26.4 Å². The van der Waals surface area contributed by atoms with Crippen molar-refractivity contribution in [2.45, 2.75) is 56.3 Å². The van der Waals surface area contributed by atoms with Crippen LogP contribution in [0.15, 0.2) is 30.3 Å². The molecule has 0 radical (unpaired) electrons. The quantitative estimate of drug-likeness (QED) is 0.355. The lowest BCUT2D eigenvalue weighted by Gasteiger charge is -2.43. The predicted octanol–water partition coefficient (Wildman–Crippen LogP) is 2.36. The lowest BCUT2D eigenvalue weighted by atomic mass is 10.2. The third-order valence-electron chi connectivity index (χ3n) is 4.87. The maximum atomic E-state index is 6.81. The lowest BCUT2D eigenvalue weighted by Crippen LogP contribution is -2.55. The molecule has 0 spiro atoms. The molecule has 0 bridgehead atoms. The largest absolute Gasteiger partial charge is 0.394 e. The Balaban J connectivity index is 1.52. The highest BCUT2D eigenvalue weighted by Crippen LogP contribution is 2.30. The van der Waals surface area contributed by atoms with Crippen molar-refractivity contribution in [3.63, 3.8) is 0 Å². The van der Waals surface area contributed by atoms with Gasteiger partial charge in [-0.1, -0.05) is 35.5 Å². The standard InChI is InChI=1S/C19H32O4Si2/c1-25(2,14-8-12-20-15-17-16-21-17)23-19(11-6-7-13-22-19)24-18-9-4-3-5-10-18/h3-5,9-10,17H,6-8,11-16,24H2,1-2H3. The Labute approximate surface area is 155 Å². The van der Waals surface area contributed by atoms with Crippen LogP contribution in [0, 0.1) is 0 Å². The van der Waals surface area contributed by atoms with Gasteiger partial charge in [0.15, 0.2) is 8.32 Å². The minimum Gasteiger partial charge on any atom is -0.394 e. The van der Waals surface area contributed by atoms with Gasteiger partial charge >= 0.3 is 0 Å². The van der Waals surface area contributed by atoms with Crippen LogP contribution in [0.25, 0.3) is 0 Å². The maximum Gasteiger partial charge on any atom is 0.190 e. The number of benzene rings is 1. The van der Waals surface area contributed by atoms with Crippen LogP contribution in [0.2, 0.25) is 19.1 Å². The molecular weight excluding hydrogens is 348 g/mol. The summed E-state index contributed by atoms with van der Waals surface area (Å²) < 4.78 is 24.0. The number of ether oxygens (including phenoxy) is 3. The lowest BCUT2D eigenvalue weighted by molar-refractivity contribution is -0.151. The second-order valence-electron chi connectivity index (χ2n) is 7.87. The number of rotatable bonds is 10. The van der Waals surface area contributed by atoms with Gasteiger partial charge in [0.2, 0.25) is 0 Å². The van der Waals surface area contributed by atoms with E-state index in [1.54, 1.807) is 0 Å². The van der Waals surface area contributed by atoms with E-state index in [1.165, 1.54) is 11.6 Å². The van der Waals surface area contributed by atoms with Crippen LogP contribution in [-0.2, 0) is 18.6 Å². The Hall–Kier alpha value is -0.506. The highest BCUT2D eigenvalue weighted by Gasteiger charge is 2.40. The summed E-state index contributed by atoms with van der Waals surface area (Å²) >= 11 is 0. The van der Waals surface area contributed by atoms with Crippen LogP contribution in [-0.4, -0.2) is 55.8 Å². The molecule has 140 valence electrons. The molecular formula is C19H32O4Si2. The molecule has 2 atom stereocenters. The van der Waals surface area contributed by atoms with Crippen LogP contribution >= 0.6 is 0 Å². The molecule has 2 unspecified atom stereocenters. The molecule has 0 saturated carbocycles. The summed E-state index contributed by atoms with van der Waals surface area (Å²) in [6, 6.07) is 11.9. The normalized spacial score (nSPS) is 27.0. The summed E-state index contributed by atoms with van der Waals surface area (Å²) in [7, 11) is -2.42. The summed E-state index contributed by atoms with van der Waals surface area (Å²) in [5.74, 6) is 0. The van der Waals surface area contributed by atoms with Gasteiger partial charge < -0.3 is 18.6 Å². The molecule has 1 aromatic rings. The molecule has 0 aromatic heterocycles. The second-order valence-corrected chi connectivity index (χ2v) is 14.3. The van der Waals surface area contributed by atoms with E-state index in [-0.39, 0.29) is 5.41 Å². The van der Waals surface area contributed by atoms with Gasteiger partial charge in [0.05, 0.1) is 13.2 Å². The van der Waals surface area contributed by atoms with Crippen molar-refractivity contribution in [1.29, 1.82) is 0 Å². The van der Waals surface area contributed by atoms with Crippen molar-refractivity contribution in [3.8, 4) is 0 Å². The molecule has 6 heteroatoms. The number of hydrogen-bond donors (Lipinski definition) is 0. The SMILES string of the molecule is C[Si](C)(CCCOCC1CO1)OC1([SiH2]c2ccccc2)CCCCO1. The first-order valence-corrected chi connectivity index (χ1v) is 14.2. The van der Waals surface area contributed by atoms with Crippen LogP contribution in [0.1, 0.15) is 25.7 Å². The Morgan fingerprint density at radius 2 is 2.04 bits per heavy atom. The van der Waals surface area contributed by atoms with Crippen molar-refractivity contribution in [1.82, 2.24) is 0 Å². The summed E-state index contributed by atoms with van der Waals surface area (Å²) in [5.41, 5.74) is -0.294. The molecule has 25 heavy (non-hydrogen) atoms. The molecule has 0 amide bonds. The van der Waals surface area contributed by atoms with Gasteiger partial charge in [-0.2, -0.15) is 0 Å². The minimum atomic E-state index is -1.78. The van der Waals surface area contributed by atoms with Crippen molar-refractivity contribution in [3.05, 3.63) is 30.3 Å². The van der Waals surface area contributed by atoms with Gasteiger partial charge in [0, 0.05) is 13.2 Å². The van der Waals surface area contributed by atoms with Crippen LogP contribution < -0.4 is 5.19 Å². The van der Waals surface area contributed by atoms with E-state index in [0.29, 0.717) is 6.10 Å². The smallest absolute Gasteiger partial charge is 0.190 e. The Kier molecular flexibility index (Phi) is 6.88. The van der Waals surface area contributed by atoms with E-state index in [1.807, 2.05) is 0 Å². The fourth-order valence-electron chi connectivity index (χ4n) is 3.52. The third kappa shape index (κ3) is 6.62. The van der Waals surface area contributed by atoms with Gasteiger partial charge in [0.25, 0.3) is 0 Å². The molecule has 2 saturated heterocycles. The van der Waals surface area contributed by atoms with Crippen molar-refractivity contribution >= 4 is 23.0 Å². The molecule has 3 rings (SSSR count). The topological polar surface area (TPSA) is 40.2 Å². The van der Waals surface area contributed by atoms with Crippen LogP contribution in [0.5, 0.6) is 0 Å². The van der Waals surface area contributed by atoms with Crippen LogP contribution in [0.4, 0.5) is 0 Å². The van der Waals surface area contributed by atoms with Crippen molar-refractivity contribution < 1.29 is 18.6 Å². The molecule has 2 aliphatic rings. The summed E-state index contributed by atoms with van der Waals surface area (Å²) in [4.78, 5) is 0. The number of epoxide rings is 1. The highest BCUT2D eigenvalue weighted by atomic mass is 28.4. The summed E-state index contributed by atoms with van der Waals surface area (Å²) in [6.07, 6.45) is 4.86. The van der Waals surface area contributed by atoms with Gasteiger partial charge in [0.1, 0.15) is 21.0 Å². The molecule has 0 aliphatic carbocycles. The minimum absolute atomic E-state index is 0.294. The highest BCUT2D eigenvalue weighted by molar-refractivity contribution is 6.72.